The summed E-state index contributed by atoms with van der Waals surface area (Å²) < 4.78 is 5.86. The van der Waals surface area contributed by atoms with E-state index in [-0.39, 0.29) is 18.8 Å². The van der Waals surface area contributed by atoms with Gasteiger partial charge in [0.15, 0.2) is 0 Å². The minimum absolute atomic E-state index is 0.0626. The molecule has 3 atom stereocenters. The smallest absolute Gasteiger partial charge is 0.0854 e. The van der Waals surface area contributed by atoms with Gasteiger partial charge in [-0.05, 0) is 11.1 Å². The van der Waals surface area contributed by atoms with Crippen molar-refractivity contribution in [1.82, 2.24) is 9.97 Å². The molecule has 2 N–H and O–H groups in total. The van der Waals surface area contributed by atoms with Crippen LogP contribution < -0.4 is 0 Å². The van der Waals surface area contributed by atoms with Crippen LogP contribution in [0.5, 0.6) is 0 Å². The van der Waals surface area contributed by atoms with Crippen LogP contribution in [0.2, 0.25) is 0 Å². The number of nitrogens with zero attached hydrogens (tertiary/aromatic N) is 2. The van der Waals surface area contributed by atoms with Crippen molar-refractivity contribution in [2.45, 2.75) is 37.6 Å². The third-order valence-corrected chi connectivity index (χ3v) is 3.91. The second-order valence-corrected chi connectivity index (χ2v) is 5.67. The molecule has 1 aliphatic rings. The summed E-state index contributed by atoms with van der Waals surface area (Å²) in [5.74, 6) is 0. The molecule has 5 nitrogen and oxygen atoms in total. The molecule has 116 valence electrons. The van der Waals surface area contributed by atoms with E-state index >= 15 is 0 Å². The van der Waals surface area contributed by atoms with Gasteiger partial charge in [0, 0.05) is 37.9 Å². The number of ether oxygens (including phenoxy) is 1. The summed E-state index contributed by atoms with van der Waals surface area (Å²) in [5, 5.41) is 19.2. The molecule has 2 unspecified atom stereocenters. The van der Waals surface area contributed by atoms with Gasteiger partial charge in [0.25, 0.3) is 0 Å². The Morgan fingerprint density at radius 2 is 2.14 bits per heavy atom. The van der Waals surface area contributed by atoms with E-state index in [1.54, 1.807) is 18.6 Å². The first-order valence-corrected chi connectivity index (χ1v) is 7.52. The molecule has 1 aliphatic heterocycles. The zero-order valence-electron chi connectivity index (χ0n) is 12.3. The largest absolute Gasteiger partial charge is 0.394 e. The molecule has 0 amide bonds. The van der Waals surface area contributed by atoms with Crippen LogP contribution in [-0.2, 0) is 11.2 Å². The first-order valence-electron chi connectivity index (χ1n) is 7.52. The predicted molar refractivity (Wildman–Crippen MR) is 81.2 cm³/mol. The normalized spacial score (nSPS) is 25.1. The van der Waals surface area contributed by atoms with E-state index in [4.69, 9.17) is 4.74 Å². The topological polar surface area (TPSA) is 75.5 Å². The van der Waals surface area contributed by atoms with Crippen LogP contribution in [0.1, 0.15) is 35.8 Å². The standard InChI is InChI=1S/C17H20N2O3/c20-11-16-8-15(21)9-17(22-16)13-3-1-2-12(6-13)7-14-10-18-4-5-19-14/h1-6,10,15-17,20-21H,7-9,11H2/t15?,16-,17?/m0/s1. The van der Waals surface area contributed by atoms with E-state index in [1.165, 1.54) is 0 Å². The highest BCUT2D eigenvalue weighted by atomic mass is 16.5. The molecule has 0 spiro atoms. The quantitative estimate of drug-likeness (QED) is 0.898. The van der Waals surface area contributed by atoms with Crippen molar-refractivity contribution in [3.63, 3.8) is 0 Å². The number of aromatic nitrogens is 2. The fraction of sp³-hybridized carbons (Fsp3) is 0.412. The lowest BCUT2D eigenvalue weighted by molar-refractivity contribution is -0.113. The van der Waals surface area contributed by atoms with Crippen LogP contribution >= 0.6 is 0 Å². The summed E-state index contributed by atoms with van der Waals surface area (Å²) in [6, 6.07) is 8.10. The van der Waals surface area contributed by atoms with Crippen LogP contribution in [-0.4, -0.2) is 39.0 Å². The van der Waals surface area contributed by atoms with Gasteiger partial charge in [0.1, 0.15) is 0 Å². The Bertz CT molecular complexity index is 606. The van der Waals surface area contributed by atoms with E-state index in [0.29, 0.717) is 19.3 Å². The van der Waals surface area contributed by atoms with Crippen molar-refractivity contribution >= 4 is 0 Å². The Balaban J connectivity index is 1.76. The molecule has 0 saturated carbocycles. The molecular formula is C17H20N2O3. The van der Waals surface area contributed by atoms with Crippen LogP contribution in [0, 0.1) is 0 Å². The molecule has 1 aromatic carbocycles. The van der Waals surface area contributed by atoms with E-state index < -0.39 is 6.10 Å². The molecular weight excluding hydrogens is 280 g/mol. The molecule has 1 saturated heterocycles. The average Bonchev–Trinajstić information content (AvgIpc) is 2.55. The molecule has 5 heteroatoms. The Morgan fingerprint density at radius 1 is 1.23 bits per heavy atom. The molecule has 2 heterocycles. The van der Waals surface area contributed by atoms with Gasteiger partial charge in [-0.15, -0.1) is 0 Å². The first-order chi connectivity index (χ1) is 10.7. The number of rotatable bonds is 4. The van der Waals surface area contributed by atoms with Crippen molar-refractivity contribution in [3.05, 3.63) is 59.7 Å². The highest BCUT2D eigenvalue weighted by molar-refractivity contribution is 5.28. The second-order valence-electron chi connectivity index (χ2n) is 5.67. The molecule has 2 aromatic rings. The average molecular weight is 300 g/mol. The van der Waals surface area contributed by atoms with E-state index in [2.05, 4.69) is 16.0 Å². The van der Waals surface area contributed by atoms with Gasteiger partial charge in [0.05, 0.1) is 30.6 Å². The maximum Gasteiger partial charge on any atom is 0.0854 e. The van der Waals surface area contributed by atoms with Gasteiger partial charge in [-0.2, -0.15) is 0 Å². The Morgan fingerprint density at radius 3 is 2.91 bits per heavy atom. The Labute approximate surface area is 129 Å². The molecule has 0 radical (unpaired) electrons. The third-order valence-electron chi connectivity index (χ3n) is 3.91. The number of hydrogen-bond acceptors (Lipinski definition) is 5. The van der Waals surface area contributed by atoms with Crippen molar-refractivity contribution in [3.8, 4) is 0 Å². The van der Waals surface area contributed by atoms with E-state index in [1.807, 2.05) is 18.2 Å². The third kappa shape index (κ3) is 3.68. The highest BCUT2D eigenvalue weighted by Gasteiger charge is 2.28. The predicted octanol–water partition coefficient (Wildman–Crippen LogP) is 1.64. The number of aliphatic hydroxyl groups excluding tert-OH is 2. The van der Waals surface area contributed by atoms with Gasteiger partial charge < -0.3 is 14.9 Å². The lowest BCUT2D eigenvalue weighted by Crippen LogP contribution is -2.33. The summed E-state index contributed by atoms with van der Waals surface area (Å²) in [7, 11) is 0. The van der Waals surface area contributed by atoms with Crippen molar-refractivity contribution < 1.29 is 14.9 Å². The minimum atomic E-state index is -0.431. The zero-order chi connectivity index (χ0) is 15.4. The number of aliphatic hydroxyl groups is 2. The molecule has 22 heavy (non-hydrogen) atoms. The fourth-order valence-electron chi connectivity index (χ4n) is 2.86. The molecule has 1 aromatic heterocycles. The highest BCUT2D eigenvalue weighted by Crippen LogP contribution is 2.31. The number of hydrogen-bond donors (Lipinski definition) is 2. The minimum Gasteiger partial charge on any atom is -0.394 e. The zero-order valence-corrected chi connectivity index (χ0v) is 12.3. The maximum atomic E-state index is 9.94. The van der Waals surface area contributed by atoms with Crippen molar-refractivity contribution in [1.29, 1.82) is 0 Å². The van der Waals surface area contributed by atoms with Gasteiger partial charge in [-0.3, -0.25) is 9.97 Å². The van der Waals surface area contributed by atoms with Crippen LogP contribution in [0.4, 0.5) is 0 Å². The first kappa shape index (κ1) is 15.1. The summed E-state index contributed by atoms with van der Waals surface area (Å²) in [6.45, 7) is -0.0626. The summed E-state index contributed by atoms with van der Waals surface area (Å²) in [4.78, 5) is 8.36. The molecule has 3 rings (SSSR count). The van der Waals surface area contributed by atoms with Gasteiger partial charge in [-0.25, -0.2) is 0 Å². The maximum absolute atomic E-state index is 9.94. The van der Waals surface area contributed by atoms with Gasteiger partial charge in [0.2, 0.25) is 0 Å². The lowest BCUT2D eigenvalue weighted by atomic mass is 9.94. The van der Waals surface area contributed by atoms with E-state index in [9.17, 15) is 10.2 Å². The molecule has 0 bridgehead atoms. The molecule has 0 aliphatic carbocycles. The SMILES string of the molecule is OC[C@@H]1CC(O)CC(c2cccc(Cc3cnccn3)c2)O1. The van der Waals surface area contributed by atoms with Gasteiger partial charge >= 0.3 is 0 Å². The van der Waals surface area contributed by atoms with E-state index in [0.717, 1.165) is 16.8 Å². The Kier molecular flexibility index (Phi) is 4.77. The number of benzene rings is 1. The summed E-state index contributed by atoms with van der Waals surface area (Å²) in [6.07, 6.45) is 5.96. The summed E-state index contributed by atoms with van der Waals surface area (Å²) >= 11 is 0. The van der Waals surface area contributed by atoms with Crippen LogP contribution in [0.3, 0.4) is 0 Å². The van der Waals surface area contributed by atoms with Crippen LogP contribution in [0.25, 0.3) is 0 Å². The fourth-order valence-corrected chi connectivity index (χ4v) is 2.86. The van der Waals surface area contributed by atoms with Crippen molar-refractivity contribution in [2.24, 2.45) is 0 Å². The van der Waals surface area contributed by atoms with Gasteiger partial charge in [-0.1, -0.05) is 24.3 Å². The van der Waals surface area contributed by atoms with Crippen LogP contribution in [0.15, 0.2) is 42.9 Å². The monoisotopic (exact) mass is 300 g/mol. The Hall–Kier alpha value is -1.82. The second kappa shape index (κ2) is 6.96. The summed E-state index contributed by atoms with van der Waals surface area (Å²) in [5.41, 5.74) is 3.07. The lowest BCUT2D eigenvalue weighted by Gasteiger charge is -2.32. The van der Waals surface area contributed by atoms with Crippen molar-refractivity contribution in [2.75, 3.05) is 6.61 Å². The molecule has 1 fully saturated rings.